The van der Waals surface area contributed by atoms with E-state index >= 15 is 0 Å². The van der Waals surface area contributed by atoms with E-state index in [0.717, 1.165) is 24.2 Å². The number of carbonyl (C=O) groups is 1. The normalized spacial score (nSPS) is 14.9. The van der Waals surface area contributed by atoms with Gasteiger partial charge in [0, 0.05) is 18.3 Å². The first-order valence-electron chi connectivity index (χ1n) is 8.56. The van der Waals surface area contributed by atoms with Crippen LogP contribution in [-0.2, 0) is 4.79 Å². The molecule has 7 nitrogen and oxygen atoms in total. The maximum atomic E-state index is 13.2. The minimum absolute atomic E-state index is 0.0594. The molecule has 0 radical (unpaired) electrons. The van der Waals surface area contributed by atoms with Crippen molar-refractivity contribution in [3.8, 4) is 0 Å². The molecule has 0 spiro atoms. The number of rotatable bonds is 6. The van der Waals surface area contributed by atoms with Crippen LogP contribution >= 0.6 is 11.6 Å². The molecule has 1 fully saturated rings. The Morgan fingerprint density at radius 2 is 2.12 bits per heavy atom. The number of amides is 1. The van der Waals surface area contributed by atoms with E-state index in [1.165, 1.54) is 12.1 Å². The van der Waals surface area contributed by atoms with Crippen LogP contribution in [0.1, 0.15) is 37.2 Å². The molecule has 1 amide bonds. The molecular weight excluding hydrogens is 356 g/mol. The highest BCUT2D eigenvalue weighted by molar-refractivity contribution is 6.32. The van der Waals surface area contributed by atoms with Gasteiger partial charge in [-0.1, -0.05) is 11.6 Å². The van der Waals surface area contributed by atoms with Gasteiger partial charge >= 0.3 is 0 Å². The van der Waals surface area contributed by atoms with Crippen LogP contribution in [0.2, 0.25) is 5.02 Å². The van der Waals surface area contributed by atoms with E-state index in [1.807, 2.05) is 19.9 Å². The van der Waals surface area contributed by atoms with Crippen molar-refractivity contribution in [2.45, 2.75) is 39.7 Å². The Labute approximate surface area is 156 Å². The zero-order chi connectivity index (χ0) is 19.0. The van der Waals surface area contributed by atoms with Crippen molar-refractivity contribution < 1.29 is 9.72 Å². The van der Waals surface area contributed by atoms with Gasteiger partial charge in [-0.2, -0.15) is 5.10 Å². The molecule has 1 aliphatic carbocycles. The summed E-state index contributed by atoms with van der Waals surface area (Å²) in [6.07, 6.45) is 2.13. The van der Waals surface area contributed by atoms with Gasteiger partial charge < -0.3 is 4.90 Å². The summed E-state index contributed by atoms with van der Waals surface area (Å²) in [4.78, 5) is 25.5. The Kier molecular flexibility index (Phi) is 5.00. The third kappa shape index (κ3) is 3.72. The standard InChI is InChI=1S/C18H21ClN4O3/c1-11-8-12(2)22(20-11)13(3)18(24)21(10-14-4-5-14)15-6-7-16(19)17(9-15)23(25)26/h6-9,13-14H,4-5,10H2,1-3H3. The van der Waals surface area contributed by atoms with Crippen LogP contribution in [0.15, 0.2) is 24.3 Å². The quantitative estimate of drug-likeness (QED) is 0.562. The molecule has 2 aromatic rings. The number of nitro groups is 1. The molecule has 1 atom stereocenters. The average molecular weight is 377 g/mol. The van der Waals surface area contributed by atoms with Crippen LogP contribution in [0.25, 0.3) is 0 Å². The molecular formula is C18H21ClN4O3. The second-order valence-corrected chi connectivity index (χ2v) is 7.24. The maximum absolute atomic E-state index is 13.2. The molecule has 1 heterocycles. The number of aromatic nitrogens is 2. The number of nitrogens with zero attached hydrogens (tertiary/aromatic N) is 4. The number of nitro benzene ring substituents is 1. The molecule has 3 rings (SSSR count). The van der Waals surface area contributed by atoms with Crippen molar-refractivity contribution in [1.82, 2.24) is 9.78 Å². The number of halogens is 1. The average Bonchev–Trinajstić information content (AvgIpc) is 3.34. The third-order valence-corrected chi connectivity index (χ3v) is 4.93. The Morgan fingerprint density at radius 3 is 2.65 bits per heavy atom. The Hall–Kier alpha value is -2.41. The Balaban J connectivity index is 1.95. The zero-order valence-electron chi connectivity index (χ0n) is 15.0. The van der Waals surface area contributed by atoms with E-state index in [-0.39, 0.29) is 16.6 Å². The van der Waals surface area contributed by atoms with Gasteiger partial charge in [0.05, 0.1) is 16.3 Å². The second kappa shape index (κ2) is 7.07. The van der Waals surface area contributed by atoms with Gasteiger partial charge in [0.25, 0.3) is 11.6 Å². The smallest absolute Gasteiger partial charge is 0.289 e. The second-order valence-electron chi connectivity index (χ2n) is 6.83. The van der Waals surface area contributed by atoms with E-state index in [2.05, 4.69) is 5.10 Å². The number of carbonyl (C=O) groups excluding carboxylic acids is 1. The van der Waals surface area contributed by atoms with Crippen molar-refractivity contribution in [1.29, 1.82) is 0 Å². The molecule has 1 saturated carbocycles. The van der Waals surface area contributed by atoms with Gasteiger partial charge in [-0.25, -0.2) is 0 Å². The van der Waals surface area contributed by atoms with Gasteiger partial charge in [-0.15, -0.1) is 0 Å². The maximum Gasteiger partial charge on any atom is 0.289 e. The summed E-state index contributed by atoms with van der Waals surface area (Å²) in [5.74, 6) is 0.293. The fourth-order valence-corrected chi connectivity index (χ4v) is 3.24. The fraction of sp³-hybridized carbons (Fsp3) is 0.444. The predicted molar refractivity (Wildman–Crippen MR) is 99.6 cm³/mol. The largest absolute Gasteiger partial charge is 0.310 e. The number of hydrogen-bond acceptors (Lipinski definition) is 4. The lowest BCUT2D eigenvalue weighted by atomic mass is 10.2. The van der Waals surface area contributed by atoms with Crippen LogP contribution in [0.3, 0.4) is 0 Å². The van der Waals surface area contributed by atoms with Gasteiger partial charge in [-0.3, -0.25) is 19.6 Å². The lowest BCUT2D eigenvalue weighted by molar-refractivity contribution is -0.384. The summed E-state index contributed by atoms with van der Waals surface area (Å²) in [6.45, 7) is 6.13. The Bertz CT molecular complexity index is 860. The third-order valence-electron chi connectivity index (χ3n) is 4.61. The number of hydrogen-bond donors (Lipinski definition) is 0. The lowest BCUT2D eigenvalue weighted by Crippen LogP contribution is -2.38. The van der Waals surface area contributed by atoms with Crippen LogP contribution in [0.5, 0.6) is 0 Å². The van der Waals surface area contributed by atoms with Gasteiger partial charge in [0.2, 0.25) is 0 Å². The van der Waals surface area contributed by atoms with Crippen molar-refractivity contribution in [2.24, 2.45) is 5.92 Å². The molecule has 0 saturated heterocycles. The molecule has 1 aliphatic rings. The zero-order valence-corrected chi connectivity index (χ0v) is 15.7. The van der Waals surface area contributed by atoms with E-state index in [4.69, 9.17) is 11.6 Å². The van der Waals surface area contributed by atoms with Crippen LogP contribution in [0, 0.1) is 29.9 Å². The van der Waals surface area contributed by atoms with Gasteiger partial charge in [0.15, 0.2) is 0 Å². The molecule has 8 heteroatoms. The predicted octanol–water partition coefficient (Wildman–Crippen LogP) is 4.07. The molecule has 138 valence electrons. The van der Waals surface area contributed by atoms with Crippen molar-refractivity contribution in [3.63, 3.8) is 0 Å². The molecule has 1 aromatic heterocycles. The topological polar surface area (TPSA) is 81.3 Å². The summed E-state index contributed by atoms with van der Waals surface area (Å²) in [5, 5.41) is 15.7. The molecule has 0 bridgehead atoms. The molecule has 1 aromatic carbocycles. The first kappa shape index (κ1) is 18.4. The van der Waals surface area contributed by atoms with Crippen molar-refractivity contribution >= 4 is 28.9 Å². The van der Waals surface area contributed by atoms with E-state index in [0.29, 0.717) is 18.2 Å². The highest BCUT2D eigenvalue weighted by Crippen LogP contribution is 2.35. The first-order valence-corrected chi connectivity index (χ1v) is 8.93. The van der Waals surface area contributed by atoms with Crippen LogP contribution < -0.4 is 4.90 Å². The van der Waals surface area contributed by atoms with Crippen LogP contribution in [0.4, 0.5) is 11.4 Å². The van der Waals surface area contributed by atoms with Crippen molar-refractivity contribution in [3.05, 3.63) is 50.8 Å². The molecule has 0 aliphatic heterocycles. The summed E-state index contributed by atoms with van der Waals surface area (Å²) in [5.41, 5.74) is 2.04. The summed E-state index contributed by atoms with van der Waals surface area (Å²) >= 11 is 5.92. The monoisotopic (exact) mass is 376 g/mol. The number of aryl methyl sites for hydroxylation is 2. The minimum Gasteiger partial charge on any atom is -0.310 e. The number of benzene rings is 1. The SMILES string of the molecule is Cc1cc(C)n(C(C)C(=O)N(CC2CC2)c2ccc(Cl)c([N+](=O)[O-])c2)n1. The summed E-state index contributed by atoms with van der Waals surface area (Å²) in [6, 6.07) is 5.91. The molecule has 1 unspecified atom stereocenters. The molecule has 0 N–H and O–H groups in total. The first-order chi connectivity index (χ1) is 12.3. The minimum atomic E-state index is -0.532. The fourth-order valence-electron chi connectivity index (χ4n) is 3.06. The summed E-state index contributed by atoms with van der Waals surface area (Å²) in [7, 11) is 0. The van der Waals surface area contributed by atoms with E-state index in [9.17, 15) is 14.9 Å². The Morgan fingerprint density at radius 1 is 1.42 bits per heavy atom. The van der Waals surface area contributed by atoms with Crippen LogP contribution in [-0.4, -0.2) is 27.2 Å². The lowest BCUT2D eigenvalue weighted by Gasteiger charge is -2.26. The number of anilines is 1. The van der Waals surface area contributed by atoms with Gasteiger partial charge in [-0.05, 0) is 57.7 Å². The van der Waals surface area contributed by atoms with E-state index in [1.54, 1.807) is 22.6 Å². The molecule has 26 heavy (non-hydrogen) atoms. The van der Waals surface area contributed by atoms with Gasteiger partial charge in [0.1, 0.15) is 11.1 Å². The highest BCUT2D eigenvalue weighted by atomic mass is 35.5. The van der Waals surface area contributed by atoms with Crippen molar-refractivity contribution in [2.75, 3.05) is 11.4 Å². The summed E-state index contributed by atoms with van der Waals surface area (Å²) < 4.78 is 1.70. The van der Waals surface area contributed by atoms with E-state index < -0.39 is 11.0 Å². The highest BCUT2D eigenvalue weighted by Gasteiger charge is 2.32.